The highest BCUT2D eigenvalue weighted by Gasteiger charge is 2.38. The molecule has 1 heterocycles. The SMILES string of the molecule is CO/N=C(/CNC(=O)c1cnc(O[C@@H](C)C(F)(F)F)c(-c2ccc(Cl)cc2)c1)C1CC1. The number of amides is 1. The quantitative estimate of drug-likeness (QED) is 0.455. The largest absolute Gasteiger partial charge is 0.465 e. The van der Waals surface area contributed by atoms with Crippen molar-refractivity contribution in [1.82, 2.24) is 10.3 Å². The molecule has 1 atom stereocenters. The molecule has 2 aromatic rings. The molecular formula is C21H21ClF3N3O3. The van der Waals surface area contributed by atoms with E-state index in [0.717, 1.165) is 25.5 Å². The molecular weight excluding hydrogens is 435 g/mol. The standard InChI is InChI=1S/C21H21ClF3N3O3/c1-12(21(23,24)25)31-20-17(13-5-7-16(22)8-6-13)9-15(10-27-20)19(29)26-11-18(28-30-2)14-3-4-14/h5-10,12,14H,3-4,11H2,1-2H3,(H,26,29)/b28-18-/t12-/m0/s1. The fraction of sp³-hybridized carbons (Fsp3) is 0.381. The average molecular weight is 456 g/mol. The van der Waals surface area contributed by atoms with E-state index in [4.69, 9.17) is 21.2 Å². The second-order valence-corrected chi connectivity index (χ2v) is 7.54. The summed E-state index contributed by atoms with van der Waals surface area (Å²) >= 11 is 5.91. The highest BCUT2D eigenvalue weighted by molar-refractivity contribution is 6.30. The Balaban J connectivity index is 1.86. The highest BCUT2D eigenvalue weighted by atomic mass is 35.5. The summed E-state index contributed by atoms with van der Waals surface area (Å²) < 4.78 is 44.0. The van der Waals surface area contributed by atoms with Crippen LogP contribution in [0.4, 0.5) is 13.2 Å². The van der Waals surface area contributed by atoms with Crippen LogP contribution in [0.25, 0.3) is 11.1 Å². The molecule has 1 aromatic heterocycles. The second-order valence-electron chi connectivity index (χ2n) is 7.11. The first-order valence-corrected chi connectivity index (χ1v) is 9.94. The number of rotatable bonds is 8. The molecule has 0 unspecified atom stereocenters. The summed E-state index contributed by atoms with van der Waals surface area (Å²) in [6, 6.07) is 7.84. The lowest BCUT2D eigenvalue weighted by atomic mass is 10.0. The van der Waals surface area contributed by atoms with Gasteiger partial charge in [0.05, 0.1) is 17.8 Å². The van der Waals surface area contributed by atoms with E-state index in [0.29, 0.717) is 16.5 Å². The van der Waals surface area contributed by atoms with Gasteiger partial charge >= 0.3 is 6.18 Å². The van der Waals surface area contributed by atoms with E-state index in [1.54, 1.807) is 24.3 Å². The van der Waals surface area contributed by atoms with Crippen LogP contribution in [0.2, 0.25) is 5.02 Å². The van der Waals surface area contributed by atoms with Crippen LogP contribution < -0.4 is 10.1 Å². The van der Waals surface area contributed by atoms with Crippen LogP contribution in [0.1, 0.15) is 30.1 Å². The lowest BCUT2D eigenvalue weighted by Gasteiger charge is -2.19. The summed E-state index contributed by atoms with van der Waals surface area (Å²) in [5.41, 5.74) is 1.66. The molecule has 1 aliphatic rings. The van der Waals surface area contributed by atoms with Crippen LogP contribution >= 0.6 is 11.6 Å². The third kappa shape index (κ3) is 6.10. The Morgan fingerprint density at radius 2 is 2.00 bits per heavy atom. The van der Waals surface area contributed by atoms with Crippen molar-refractivity contribution in [2.24, 2.45) is 11.1 Å². The van der Waals surface area contributed by atoms with Crippen LogP contribution in [-0.2, 0) is 4.84 Å². The van der Waals surface area contributed by atoms with Gasteiger partial charge in [-0.1, -0.05) is 28.9 Å². The molecule has 6 nitrogen and oxygen atoms in total. The number of nitrogens with one attached hydrogen (secondary N) is 1. The number of pyridine rings is 1. The first-order valence-electron chi connectivity index (χ1n) is 9.56. The van der Waals surface area contributed by atoms with E-state index in [1.807, 2.05) is 0 Å². The smallest absolute Gasteiger partial charge is 0.425 e. The number of alkyl halides is 3. The molecule has 166 valence electrons. The van der Waals surface area contributed by atoms with Crippen LogP contribution in [0.15, 0.2) is 41.7 Å². The molecule has 3 rings (SSSR count). The van der Waals surface area contributed by atoms with Gasteiger partial charge in [-0.25, -0.2) is 4.98 Å². The number of oxime groups is 1. The van der Waals surface area contributed by atoms with Crippen LogP contribution in [-0.4, -0.2) is 42.5 Å². The summed E-state index contributed by atoms with van der Waals surface area (Å²) in [5, 5.41) is 7.15. The Kier molecular flexibility index (Phi) is 7.04. The number of benzene rings is 1. The van der Waals surface area contributed by atoms with Gasteiger partial charge in [0.25, 0.3) is 5.91 Å². The normalized spacial score (nSPS) is 15.4. The Bertz CT molecular complexity index is 961. The number of hydrogen-bond donors (Lipinski definition) is 1. The molecule has 1 N–H and O–H groups in total. The van der Waals surface area contributed by atoms with Gasteiger partial charge in [0.2, 0.25) is 5.88 Å². The number of hydrogen-bond acceptors (Lipinski definition) is 5. The Labute approximate surface area is 182 Å². The second kappa shape index (κ2) is 9.55. The number of halogens is 4. The van der Waals surface area contributed by atoms with Gasteiger partial charge < -0.3 is 14.9 Å². The van der Waals surface area contributed by atoms with E-state index in [2.05, 4.69) is 15.5 Å². The summed E-state index contributed by atoms with van der Waals surface area (Å²) in [7, 11) is 1.44. The van der Waals surface area contributed by atoms with Gasteiger partial charge in [-0.3, -0.25) is 4.79 Å². The molecule has 1 fully saturated rings. The lowest BCUT2D eigenvalue weighted by molar-refractivity contribution is -0.189. The maximum Gasteiger partial charge on any atom is 0.425 e. The summed E-state index contributed by atoms with van der Waals surface area (Å²) in [6.45, 7) is 1.10. The number of aromatic nitrogens is 1. The number of carbonyl (C=O) groups is 1. The van der Waals surface area contributed by atoms with Gasteiger partial charge in [-0.15, -0.1) is 0 Å². The number of nitrogens with zero attached hydrogens (tertiary/aromatic N) is 2. The van der Waals surface area contributed by atoms with Crippen LogP contribution in [0.5, 0.6) is 5.88 Å². The molecule has 1 aromatic carbocycles. The van der Waals surface area contributed by atoms with E-state index < -0.39 is 18.2 Å². The lowest BCUT2D eigenvalue weighted by Crippen LogP contribution is -2.32. The topological polar surface area (TPSA) is 72.8 Å². The van der Waals surface area contributed by atoms with Crippen molar-refractivity contribution in [3.8, 4) is 17.0 Å². The van der Waals surface area contributed by atoms with Gasteiger partial charge in [-0.2, -0.15) is 13.2 Å². The van der Waals surface area contributed by atoms with Gasteiger partial charge in [0.1, 0.15) is 7.11 Å². The fourth-order valence-electron chi connectivity index (χ4n) is 2.80. The zero-order valence-electron chi connectivity index (χ0n) is 16.9. The van der Waals surface area contributed by atoms with E-state index >= 15 is 0 Å². The third-order valence-electron chi connectivity index (χ3n) is 4.71. The highest BCUT2D eigenvalue weighted by Crippen LogP contribution is 2.33. The molecule has 0 bridgehead atoms. The van der Waals surface area contributed by atoms with Gasteiger partial charge in [-0.05, 0) is 43.5 Å². The van der Waals surface area contributed by atoms with Crippen molar-refractivity contribution in [1.29, 1.82) is 0 Å². The number of ether oxygens (including phenoxy) is 1. The Morgan fingerprint density at radius 3 is 2.58 bits per heavy atom. The van der Waals surface area contributed by atoms with Crippen molar-refractivity contribution < 1.29 is 27.5 Å². The molecule has 10 heteroatoms. The molecule has 0 saturated heterocycles. The zero-order valence-corrected chi connectivity index (χ0v) is 17.6. The maximum atomic E-state index is 13.0. The van der Waals surface area contributed by atoms with Gasteiger partial charge in [0, 0.05) is 22.7 Å². The minimum Gasteiger partial charge on any atom is -0.465 e. The first kappa shape index (κ1) is 22.9. The first-order chi connectivity index (χ1) is 14.7. The average Bonchev–Trinajstić information content (AvgIpc) is 3.56. The molecule has 1 saturated carbocycles. The molecule has 1 aliphatic carbocycles. The van der Waals surface area contributed by atoms with Crippen molar-refractivity contribution in [2.45, 2.75) is 32.0 Å². The van der Waals surface area contributed by atoms with Crippen molar-refractivity contribution in [3.05, 3.63) is 47.1 Å². The summed E-state index contributed by atoms with van der Waals surface area (Å²) in [4.78, 5) is 21.4. The molecule has 0 aliphatic heterocycles. The van der Waals surface area contributed by atoms with E-state index in [1.165, 1.54) is 19.4 Å². The fourth-order valence-corrected chi connectivity index (χ4v) is 2.92. The van der Waals surface area contributed by atoms with Crippen LogP contribution in [0, 0.1) is 5.92 Å². The summed E-state index contributed by atoms with van der Waals surface area (Å²) in [5.74, 6) is -0.381. The number of carbonyl (C=O) groups excluding carboxylic acids is 1. The van der Waals surface area contributed by atoms with E-state index in [-0.39, 0.29) is 23.6 Å². The Morgan fingerprint density at radius 1 is 1.32 bits per heavy atom. The Hall–Kier alpha value is -2.81. The van der Waals surface area contributed by atoms with Gasteiger partial charge in [0.15, 0.2) is 6.10 Å². The van der Waals surface area contributed by atoms with E-state index in [9.17, 15) is 18.0 Å². The van der Waals surface area contributed by atoms with Crippen molar-refractivity contribution >= 4 is 23.2 Å². The predicted octanol–water partition coefficient (Wildman–Crippen LogP) is 4.87. The van der Waals surface area contributed by atoms with Crippen molar-refractivity contribution in [2.75, 3.05) is 13.7 Å². The minimum atomic E-state index is -4.56. The summed E-state index contributed by atoms with van der Waals surface area (Å²) in [6.07, 6.45) is -3.48. The zero-order chi connectivity index (χ0) is 22.6. The molecule has 1 amide bonds. The molecule has 0 radical (unpaired) electrons. The molecule has 0 spiro atoms. The molecule has 31 heavy (non-hydrogen) atoms. The predicted molar refractivity (Wildman–Crippen MR) is 110 cm³/mol. The maximum absolute atomic E-state index is 13.0. The minimum absolute atomic E-state index is 0.171. The third-order valence-corrected chi connectivity index (χ3v) is 4.96. The van der Waals surface area contributed by atoms with Crippen LogP contribution in [0.3, 0.4) is 0 Å². The monoisotopic (exact) mass is 455 g/mol. The van der Waals surface area contributed by atoms with Crippen molar-refractivity contribution in [3.63, 3.8) is 0 Å².